The monoisotopic (exact) mass is 290 g/mol. The van der Waals surface area contributed by atoms with Gasteiger partial charge in [0.25, 0.3) is 0 Å². The highest BCUT2D eigenvalue weighted by Gasteiger charge is 2.09. The average molecular weight is 290 g/mol. The molecule has 1 aliphatic heterocycles. The van der Waals surface area contributed by atoms with Gasteiger partial charge in [-0.15, -0.1) is 0 Å². The van der Waals surface area contributed by atoms with Gasteiger partial charge in [-0.05, 0) is 31.0 Å². The van der Waals surface area contributed by atoms with Crippen molar-refractivity contribution in [1.29, 1.82) is 0 Å². The minimum absolute atomic E-state index is 0.00697. The highest BCUT2D eigenvalue weighted by molar-refractivity contribution is 5.90. The van der Waals surface area contributed by atoms with Crippen molar-refractivity contribution in [3.63, 3.8) is 0 Å². The van der Waals surface area contributed by atoms with Crippen molar-refractivity contribution in [2.75, 3.05) is 39.4 Å². The van der Waals surface area contributed by atoms with E-state index in [9.17, 15) is 9.90 Å². The van der Waals surface area contributed by atoms with Crippen molar-refractivity contribution in [2.45, 2.75) is 13.3 Å². The molecule has 0 amide bonds. The summed E-state index contributed by atoms with van der Waals surface area (Å²) in [6, 6.07) is 3.49. The molecule has 21 heavy (non-hydrogen) atoms. The summed E-state index contributed by atoms with van der Waals surface area (Å²) in [5.74, 6) is 0.00697. The maximum atomic E-state index is 10.9. The first kappa shape index (κ1) is 15.7. The molecule has 0 bridgehead atoms. The molecule has 114 valence electrons. The van der Waals surface area contributed by atoms with E-state index in [0.29, 0.717) is 24.0 Å². The molecule has 1 saturated heterocycles. The van der Waals surface area contributed by atoms with Crippen LogP contribution in [0.25, 0.3) is 0 Å². The topological polar surface area (TPSA) is 62.1 Å². The van der Waals surface area contributed by atoms with Gasteiger partial charge in [0.2, 0.25) is 0 Å². The Kier molecular flexibility index (Phi) is 5.90. The van der Waals surface area contributed by atoms with Gasteiger partial charge >= 0.3 is 0 Å². The zero-order valence-electron chi connectivity index (χ0n) is 12.4. The van der Waals surface area contributed by atoms with Crippen LogP contribution in [0.2, 0.25) is 0 Å². The summed E-state index contributed by atoms with van der Waals surface area (Å²) in [6.07, 6.45) is 3.29. The minimum atomic E-state index is 0.00697. The molecular formula is C16H22N2O3. The third-order valence-electron chi connectivity index (χ3n) is 3.54. The third-order valence-corrected chi connectivity index (χ3v) is 3.54. The summed E-state index contributed by atoms with van der Waals surface area (Å²) in [5.41, 5.74) is 1.85. The third kappa shape index (κ3) is 4.65. The van der Waals surface area contributed by atoms with Gasteiger partial charge in [-0.2, -0.15) is 0 Å². The van der Waals surface area contributed by atoms with Gasteiger partial charge < -0.3 is 9.84 Å². The van der Waals surface area contributed by atoms with Crippen molar-refractivity contribution in [2.24, 2.45) is 4.99 Å². The van der Waals surface area contributed by atoms with E-state index in [0.717, 1.165) is 44.8 Å². The number of aromatic hydroxyl groups is 1. The lowest BCUT2D eigenvalue weighted by Crippen LogP contribution is -2.37. The van der Waals surface area contributed by atoms with E-state index in [-0.39, 0.29) is 5.75 Å². The molecule has 1 aliphatic rings. The first-order valence-electron chi connectivity index (χ1n) is 7.29. The molecule has 1 N–H and O–H groups in total. The molecular weight excluding hydrogens is 268 g/mol. The number of rotatable bonds is 6. The van der Waals surface area contributed by atoms with Crippen LogP contribution in [0.5, 0.6) is 5.75 Å². The van der Waals surface area contributed by atoms with Crippen LogP contribution in [-0.2, 0) is 4.74 Å². The fourth-order valence-corrected chi connectivity index (χ4v) is 2.40. The number of phenolic OH excluding ortho intramolecular Hbond substituents is 1. The summed E-state index contributed by atoms with van der Waals surface area (Å²) in [5, 5.41) is 9.93. The van der Waals surface area contributed by atoms with Gasteiger partial charge in [-0.3, -0.25) is 14.7 Å². The van der Waals surface area contributed by atoms with E-state index in [1.54, 1.807) is 12.3 Å². The zero-order chi connectivity index (χ0) is 15.1. The second kappa shape index (κ2) is 7.90. The summed E-state index contributed by atoms with van der Waals surface area (Å²) >= 11 is 0. The fraction of sp³-hybridized carbons (Fsp3) is 0.500. The van der Waals surface area contributed by atoms with E-state index < -0.39 is 0 Å². The van der Waals surface area contributed by atoms with Crippen LogP contribution >= 0.6 is 0 Å². The fourth-order valence-electron chi connectivity index (χ4n) is 2.40. The highest BCUT2D eigenvalue weighted by atomic mass is 16.5. The standard InChI is InChI=1S/C16H22N2O3/c1-13-9-14(16(20)15(10-13)12-19)11-17-3-2-4-18-5-7-21-8-6-18/h9-12,20H,2-8H2,1H3. The van der Waals surface area contributed by atoms with Crippen molar-refractivity contribution >= 4 is 12.5 Å². The Labute approximate surface area is 125 Å². The Morgan fingerprint density at radius 3 is 2.76 bits per heavy atom. The highest BCUT2D eigenvalue weighted by Crippen LogP contribution is 2.21. The van der Waals surface area contributed by atoms with E-state index in [4.69, 9.17) is 4.74 Å². The number of phenols is 1. The number of aryl methyl sites for hydroxylation is 1. The number of carbonyl (C=O) groups excluding carboxylic acids is 1. The Morgan fingerprint density at radius 1 is 1.33 bits per heavy atom. The van der Waals surface area contributed by atoms with E-state index in [2.05, 4.69) is 9.89 Å². The first-order valence-corrected chi connectivity index (χ1v) is 7.29. The van der Waals surface area contributed by atoms with E-state index in [1.165, 1.54) is 0 Å². The normalized spacial score (nSPS) is 16.4. The van der Waals surface area contributed by atoms with Gasteiger partial charge in [-0.1, -0.05) is 0 Å². The van der Waals surface area contributed by atoms with Gasteiger partial charge in [0.15, 0.2) is 6.29 Å². The zero-order valence-corrected chi connectivity index (χ0v) is 12.4. The number of aldehydes is 1. The summed E-state index contributed by atoms with van der Waals surface area (Å²) in [6.45, 7) is 7.23. The predicted molar refractivity (Wildman–Crippen MR) is 82.6 cm³/mol. The van der Waals surface area contributed by atoms with Crippen LogP contribution in [0.1, 0.15) is 27.9 Å². The molecule has 0 unspecified atom stereocenters. The molecule has 0 aliphatic carbocycles. The van der Waals surface area contributed by atoms with Crippen LogP contribution in [-0.4, -0.2) is 61.9 Å². The summed E-state index contributed by atoms with van der Waals surface area (Å²) in [7, 11) is 0. The van der Waals surface area contributed by atoms with Gasteiger partial charge in [0.1, 0.15) is 5.75 Å². The summed E-state index contributed by atoms with van der Waals surface area (Å²) in [4.78, 5) is 17.6. The molecule has 0 aromatic heterocycles. The van der Waals surface area contributed by atoms with E-state index in [1.807, 2.05) is 13.0 Å². The Morgan fingerprint density at radius 2 is 2.05 bits per heavy atom. The van der Waals surface area contributed by atoms with Crippen molar-refractivity contribution < 1.29 is 14.6 Å². The first-order chi connectivity index (χ1) is 10.2. The van der Waals surface area contributed by atoms with E-state index >= 15 is 0 Å². The number of ether oxygens (including phenoxy) is 1. The maximum Gasteiger partial charge on any atom is 0.153 e. The Balaban J connectivity index is 1.83. The lowest BCUT2D eigenvalue weighted by Gasteiger charge is -2.26. The molecule has 0 saturated carbocycles. The molecule has 1 aromatic carbocycles. The van der Waals surface area contributed by atoms with Crippen LogP contribution in [0.4, 0.5) is 0 Å². The molecule has 2 rings (SSSR count). The maximum absolute atomic E-state index is 10.9. The number of morpholine rings is 1. The second-order valence-corrected chi connectivity index (χ2v) is 5.25. The molecule has 5 heteroatoms. The Bertz CT molecular complexity index is 508. The number of hydrogen-bond donors (Lipinski definition) is 1. The largest absolute Gasteiger partial charge is 0.507 e. The minimum Gasteiger partial charge on any atom is -0.507 e. The molecule has 1 heterocycles. The average Bonchev–Trinajstić information content (AvgIpc) is 2.51. The van der Waals surface area contributed by atoms with Crippen molar-refractivity contribution in [1.82, 2.24) is 4.90 Å². The number of nitrogens with zero attached hydrogens (tertiary/aromatic N) is 2. The lowest BCUT2D eigenvalue weighted by molar-refractivity contribution is 0.0377. The van der Waals surface area contributed by atoms with Gasteiger partial charge in [0, 0.05) is 38.0 Å². The van der Waals surface area contributed by atoms with Crippen molar-refractivity contribution in [3.05, 3.63) is 28.8 Å². The molecule has 0 spiro atoms. The molecule has 1 fully saturated rings. The number of hydrogen-bond acceptors (Lipinski definition) is 5. The molecule has 1 aromatic rings. The SMILES string of the molecule is Cc1cc(C=O)c(O)c(C=NCCCN2CCOCC2)c1. The molecule has 0 atom stereocenters. The second-order valence-electron chi connectivity index (χ2n) is 5.25. The number of benzene rings is 1. The predicted octanol–water partition coefficient (Wildman–Crippen LogP) is 1.65. The molecule has 5 nitrogen and oxygen atoms in total. The van der Waals surface area contributed by atoms with Crippen LogP contribution in [0, 0.1) is 6.92 Å². The molecule has 0 radical (unpaired) electrons. The summed E-state index contributed by atoms with van der Waals surface area (Å²) < 4.78 is 5.30. The van der Waals surface area contributed by atoms with Crippen LogP contribution < -0.4 is 0 Å². The smallest absolute Gasteiger partial charge is 0.153 e. The quantitative estimate of drug-likeness (QED) is 0.491. The van der Waals surface area contributed by atoms with Gasteiger partial charge in [0.05, 0.1) is 18.8 Å². The Hall–Kier alpha value is -1.72. The van der Waals surface area contributed by atoms with Gasteiger partial charge in [-0.25, -0.2) is 0 Å². The lowest BCUT2D eigenvalue weighted by atomic mass is 10.1. The number of aliphatic imine (C=N–C) groups is 1. The number of carbonyl (C=O) groups is 1. The van der Waals surface area contributed by atoms with Crippen LogP contribution in [0.15, 0.2) is 17.1 Å². The van der Waals surface area contributed by atoms with Crippen molar-refractivity contribution in [3.8, 4) is 5.75 Å². The van der Waals surface area contributed by atoms with Crippen LogP contribution in [0.3, 0.4) is 0 Å².